The molecule has 2 N–H and O–H groups in total. The summed E-state index contributed by atoms with van der Waals surface area (Å²) in [5.41, 5.74) is 0.672. The Kier molecular flexibility index (Phi) is 6.99. The zero-order chi connectivity index (χ0) is 18.4. The first-order chi connectivity index (χ1) is 11.8. The summed E-state index contributed by atoms with van der Waals surface area (Å²) >= 11 is 0. The van der Waals surface area contributed by atoms with Crippen LogP contribution in [0.25, 0.3) is 0 Å². The second-order valence-corrected chi connectivity index (χ2v) is 7.48. The van der Waals surface area contributed by atoms with E-state index in [9.17, 15) is 15.0 Å². The molecule has 0 radical (unpaired) electrons. The van der Waals surface area contributed by atoms with E-state index in [1.807, 2.05) is 51.1 Å². The molecule has 0 unspecified atom stereocenters. The molecule has 1 aliphatic heterocycles. The van der Waals surface area contributed by atoms with Gasteiger partial charge in [0.15, 0.2) is 0 Å². The Morgan fingerprint density at radius 2 is 2.04 bits per heavy atom. The van der Waals surface area contributed by atoms with Crippen molar-refractivity contribution in [3.63, 3.8) is 0 Å². The van der Waals surface area contributed by atoms with Gasteiger partial charge >= 0.3 is 5.97 Å². The molecule has 0 spiro atoms. The minimum Gasteiger partial charge on any atom is -0.481 e. The molecule has 2 rings (SSSR count). The first-order valence-electron chi connectivity index (χ1n) is 9.03. The molecule has 25 heavy (non-hydrogen) atoms. The van der Waals surface area contributed by atoms with Crippen LogP contribution in [0.1, 0.15) is 52.0 Å². The molecule has 1 fully saturated rings. The van der Waals surface area contributed by atoms with Crippen LogP contribution < -0.4 is 0 Å². The SMILES string of the molecule is CC[C@@H](O)C[C@@H]1C[C@H](OCc2ccccc2)C(C)(C)[C@H](CC(=O)O)O1. The van der Waals surface area contributed by atoms with Gasteiger partial charge in [-0.25, -0.2) is 0 Å². The first kappa shape index (κ1) is 19.9. The van der Waals surface area contributed by atoms with Crippen LogP contribution in [-0.4, -0.2) is 40.6 Å². The summed E-state index contributed by atoms with van der Waals surface area (Å²) in [6.07, 6.45) is 0.577. The lowest BCUT2D eigenvalue weighted by Gasteiger charge is -2.47. The Labute approximate surface area is 150 Å². The van der Waals surface area contributed by atoms with E-state index in [0.717, 1.165) is 5.56 Å². The maximum atomic E-state index is 11.3. The molecule has 0 aliphatic carbocycles. The molecule has 1 saturated heterocycles. The number of hydrogen-bond donors (Lipinski definition) is 2. The first-order valence-corrected chi connectivity index (χ1v) is 9.03. The quantitative estimate of drug-likeness (QED) is 0.751. The van der Waals surface area contributed by atoms with Crippen molar-refractivity contribution < 1.29 is 24.5 Å². The predicted molar refractivity (Wildman–Crippen MR) is 95.2 cm³/mol. The Morgan fingerprint density at radius 1 is 1.36 bits per heavy atom. The van der Waals surface area contributed by atoms with E-state index in [1.54, 1.807) is 0 Å². The largest absolute Gasteiger partial charge is 0.481 e. The van der Waals surface area contributed by atoms with E-state index in [0.29, 0.717) is 25.9 Å². The fourth-order valence-corrected chi connectivity index (χ4v) is 3.36. The van der Waals surface area contributed by atoms with Crippen LogP contribution >= 0.6 is 0 Å². The maximum absolute atomic E-state index is 11.3. The average Bonchev–Trinajstić information content (AvgIpc) is 2.57. The van der Waals surface area contributed by atoms with E-state index in [4.69, 9.17) is 9.47 Å². The van der Waals surface area contributed by atoms with Gasteiger partial charge < -0.3 is 19.7 Å². The third-order valence-electron chi connectivity index (χ3n) is 5.15. The number of hydrogen-bond acceptors (Lipinski definition) is 4. The summed E-state index contributed by atoms with van der Waals surface area (Å²) in [4.78, 5) is 11.3. The lowest BCUT2D eigenvalue weighted by atomic mass is 9.74. The van der Waals surface area contributed by atoms with E-state index in [1.165, 1.54) is 0 Å². The van der Waals surface area contributed by atoms with Crippen molar-refractivity contribution in [3.05, 3.63) is 35.9 Å². The Bertz CT molecular complexity index is 542. The third-order valence-corrected chi connectivity index (χ3v) is 5.15. The summed E-state index contributed by atoms with van der Waals surface area (Å²) in [5.74, 6) is -0.878. The van der Waals surface area contributed by atoms with Gasteiger partial charge in [-0.05, 0) is 18.4 Å². The number of carboxylic acids is 1. The highest BCUT2D eigenvalue weighted by molar-refractivity contribution is 5.67. The van der Waals surface area contributed by atoms with E-state index in [2.05, 4.69) is 0 Å². The molecule has 1 heterocycles. The van der Waals surface area contributed by atoms with E-state index < -0.39 is 23.6 Å². The zero-order valence-corrected chi connectivity index (χ0v) is 15.4. The molecular weight excluding hydrogens is 320 g/mol. The van der Waals surface area contributed by atoms with Gasteiger partial charge in [-0.2, -0.15) is 0 Å². The Balaban J connectivity index is 2.10. The number of benzene rings is 1. The molecule has 0 saturated carbocycles. The van der Waals surface area contributed by atoms with Crippen LogP contribution in [0.3, 0.4) is 0 Å². The zero-order valence-electron chi connectivity index (χ0n) is 15.4. The van der Waals surface area contributed by atoms with Crippen molar-refractivity contribution in [1.82, 2.24) is 0 Å². The number of aliphatic hydroxyl groups excluding tert-OH is 1. The van der Waals surface area contributed by atoms with Crippen LogP contribution in [0.4, 0.5) is 0 Å². The fourth-order valence-electron chi connectivity index (χ4n) is 3.36. The minimum atomic E-state index is -0.878. The van der Waals surface area contributed by atoms with Crippen molar-refractivity contribution in [2.24, 2.45) is 5.41 Å². The molecule has 5 nitrogen and oxygen atoms in total. The van der Waals surface area contributed by atoms with Gasteiger partial charge in [-0.3, -0.25) is 4.79 Å². The van der Waals surface area contributed by atoms with Crippen molar-refractivity contribution in [2.75, 3.05) is 0 Å². The Morgan fingerprint density at radius 3 is 2.64 bits per heavy atom. The number of aliphatic hydroxyl groups is 1. The molecule has 0 aromatic heterocycles. The van der Waals surface area contributed by atoms with Crippen LogP contribution in [0.15, 0.2) is 30.3 Å². The lowest BCUT2D eigenvalue weighted by molar-refractivity contribution is -0.203. The molecule has 4 atom stereocenters. The molecule has 5 heteroatoms. The number of ether oxygens (including phenoxy) is 2. The lowest BCUT2D eigenvalue weighted by Crippen LogP contribution is -2.52. The second kappa shape index (κ2) is 8.79. The molecular formula is C20H30O5. The summed E-state index contributed by atoms with van der Waals surface area (Å²) in [7, 11) is 0. The van der Waals surface area contributed by atoms with Gasteiger partial charge in [-0.1, -0.05) is 51.1 Å². The fraction of sp³-hybridized carbons (Fsp3) is 0.650. The molecule has 140 valence electrons. The van der Waals surface area contributed by atoms with Gasteiger partial charge in [0.2, 0.25) is 0 Å². The maximum Gasteiger partial charge on any atom is 0.306 e. The predicted octanol–water partition coefficient (Wildman–Crippen LogP) is 3.39. The van der Waals surface area contributed by atoms with E-state index in [-0.39, 0.29) is 18.6 Å². The van der Waals surface area contributed by atoms with Gasteiger partial charge in [0.25, 0.3) is 0 Å². The van der Waals surface area contributed by atoms with E-state index >= 15 is 0 Å². The van der Waals surface area contributed by atoms with Crippen LogP contribution in [0.2, 0.25) is 0 Å². The normalized spacial score (nSPS) is 27.0. The highest BCUT2D eigenvalue weighted by Crippen LogP contribution is 2.41. The van der Waals surface area contributed by atoms with Crippen molar-refractivity contribution >= 4 is 5.97 Å². The monoisotopic (exact) mass is 350 g/mol. The smallest absolute Gasteiger partial charge is 0.306 e. The highest BCUT2D eigenvalue weighted by Gasteiger charge is 2.46. The molecule has 0 bridgehead atoms. The molecule has 1 aliphatic rings. The molecule has 0 amide bonds. The molecule has 1 aromatic carbocycles. The van der Waals surface area contributed by atoms with Gasteiger partial charge in [0, 0.05) is 11.8 Å². The topological polar surface area (TPSA) is 76.0 Å². The van der Waals surface area contributed by atoms with Crippen molar-refractivity contribution in [3.8, 4) is 0 Å². The number of carbonyl (C=O) groups is 1. The van der Waals surface area contributed by atoms with Crippen LogP contribution in [0.5, 0.6) is 0 Å². The van der Waals surface area contributed by atoms with Crippen molar-refractivity contribution in [2.45, 2.75) is 77.5 Å². The average molecular weight is 350 g/mol. The second-order valence-electron chi connectivity index (χ2n) is 7.48. The van der Waals surface area contributed by atoms with Gasteiger partial charge in [0.1, 0.15) is 0 Å². The number of aliphatic carboxylic acids is 1. The summed E-state index contributed by atoms with van der Waals surface area (Å²) in [5, 5.41) is 19.2. The highest BCUT2D eigenvalue weighted by atomic mass is 16.5. The third kappa shape index (κ3) is 5.53. The number of carboxylic acid groups (broad SMARTS) is 1. The van der Waals surface area contributed by atoms with Crippen molar-refractivity contribution in [1.29, 1.82) is 0 Å². The van der Waals surface area contributed by atoms with Gasteiger partial charge in [0.05, 0.1) is 37.4 Å². The summed E-state index contributed by atoms with van der Waals surface area (Å²) < 4.78 is 12.2. The minimum absolute atomic E-state index is 0.0586. The number of rotatable bonds is 8. The Hall–Kier alpha value is -1.43. The van der Waals surface area contributed by atoms with Gasteiger partial charge in [-0.15, -0.1) is 0 Å². The molecule has 1 aromatic rings. The van der Waals surface area contributed by atoms with Crippen LogP contribution in [-0.2, 0) is 20.9 Å². The standard InChI is InChI=1S/C20H30O5/c1-4-15(21)10-16-11-17(24-13-14-8-6-5-7-9-14)20(2,3)18(25-16)12-19(22)23/h5-9,15-18,21H,4,10-13H2,1-3H3,(H,22,23)/t15-,16-,17+,18+/m1/s1. The summed E-state index contributed by atoms with van der Waals surface area (Å²) in [6.45, 7) is 6.42. The summed E-state index contributed by atoms with van der Waals surface area (Å²) in [6, 6.07) is 9.94. The van der Waals surface area contributed by atoms with Crippen LogP contribution in [0, 0.1) is 5.41 Å².